The maximum atomic E-state index is 12.5. The first-order chi connectivity index (χ1) is 13.2. The van der Waals surface area contributed by atoms with Gasteiger partial charge in [-0.1, -0.05) is 23.7 Å². The molecule has 0 saturated carbocycles. The first kappa shape index (κ1) is 20.2. The molecule has 0 radical (unpaired) electrons. The van der Waals surface area contributed by atoms with Crippen molar-refractivity contribution >= 4 is 33.6 Å². The third-order valence-electron chi connectivity index (χ3n) is 4.47. The highest BCUT2D eigenvalue weighted by molar-refractivity contribution is 7.89. The number of hydrogen-bond acceptors (Lipinski definition) is 5. The highest BCUT2D eigenvalue weighted by Gasteiger charge is 2.19. The predicted octanol–water partition coefficient (Wildman–Crippen LogP) is 2.95. The Hall–Kier alpha value is -2.55. The van der Waals surface area contributed by atoms with Gasteiger partial charge in [0.2, 0.25) is 22.7 Å². The Labute approximate surface area is 168 Å². The Morgan fingerprint density at radius 2 is 2.04 bits per heavy atom. The number of amides is 1. The summed E-state index contributed by atoms with van der Waals surface area (Å²) in [5.41, 5.74) is 1.35. The Bertz CT molecular complexity index is 1050. The zero-order valence-electron chi connectivity index (χ0n) is 15.3. The number of fused-ring (bicyclic) bond motifs is 1. The van der Waals surface area contributed by atoms with E-state index in [1.165, 1.54) is 23.1 Å². The van der Waals surface area contributed by atoms with Gasteiger partial charge < -0.3 is 14.4 Å². The fourth-order valence-electron chi connectivity index (χ4n) is 2.73. The molecule has 28 heavy (non-hydrogen) atoms. The molecule has 1 aliphatic heterocycles. The third kappa shape index (κ3) is 4.30. The third-order valence-corrected chi connectivity index (χ3v) is 5.66. The van der Waals surface area contributed by atoms with Gasteiger partial charge in [-0.05, 0) is 48.4 Å². The van der Waals surface area contributed by atoms with Crippen LogP contribution in [0.15, 0.2) is 47.4 Å². The van der Waals surface area contributed by atoms with Crippen LogP contribution in [-0.2, 0) is 14.8 Å². The van der Waals surface area contributed by atoms with E-state index in [-0.39, 0.29) is 23.6 Å². The lowest BCUT2D eigenvalue weighted by Crippen LogP contribution is -2.28. The van der Waals surface area contributed by atoms with Crippen LogP contribution in [0.3, 0.4) is 0 Å². The number of likely N-dealkylation sites (N-methyl/N-ethyl adjacent to an activating group) is 1. The monoisotopic (exact) mass is 422 g/mol. The van der Waals surface area contributed by atoms with Gasteiger partial charge in [-0.2, -0.15) is 0 Å². The molecule has 2 N–H and O–H groups in total. The SMILES string of the molecule is CC(c1cccc(S(N)(=O)=O)c1)N(C)C(=O)/C=C/c1cc(Cl)c2c(c1)OCO2. The van der Waals surface area contributed by atoms with Crippen molar-refractivity contribution in [3.63, 3.8) is 0 Å². The lowest BCUT2D eigenvalue weighted by atomic mass is 10.1. The number of carbonyl (C=O) groups is 1. The minimum atomic E-state index is -3.81. The van der Waals surface area contributed by atoms with Gasteiger partial charge in [0.1, 0.15) is 0 Å². The average molecular weight is 423 g/mol. The summed E-state index contributed by atoms with van der Waals surface area (Å²) in [5, 5.41) is 5.58. The molecule has 0 aliphatic carbocycles. The number of hydrogen-bond donors (Lipinski definition) is 1. The zero-order valence-corrected chi connectivity index (χ0v) is 16.8. The summed E-state index contributed by atoms with van der Waals surface area (Å²) in [4.78, 5) is 14.0. The molecule has 148 valence electrons. The van der Waals surface area contributed by atoms with E-state index < -0.39 is 10.0 Å². The summed E-state index contributed by atoms with van der Waals surface area (Å²) in [6.45, 7) is 1.91. The summed E-state index contributed by atoms with van der Waals surface area (Å²) >= 11 is 6.14. The standard InChI is InChI=1S/C19H19ClN2O5S/c1-12(14-4-3-5-15(10-14)28(21,24)25)22(2)18(23)7-6-13-8-16(20)19-17(9-13)26-11-27-19/h3-10,12H,11H2,1-2H3,(H2,21,24,25)/b7-6+. The number of nitrogens with zero attached hydrogens (tertiary/aromatic N) is 1. The van der Waals surface area contributed by atoms with Crippen molar-refractivity contribution < 1.29 is 22.7 Å². The molecule has 9 heteroatoms. The number of ether oxygens (including phenoxy) is 2. The molecule has 0 saturated heterocycles. The van der Waals surface area contributed by atoms with Crippen LogP contribution in [0.25, 0.3) is 6.08 Å². The first-order valence-corrected chi connectivity index (χ1v) is 10.3. The fraction of sp³-hybridized carbons (Fsp3) is 0.211. The lowest BCUT2D eigenvalue weighted by Gasteiger charge is -2.24. The molecule has 0 aromatic heterocycles. The molecule has 2 aromatic rings. The minimum absolute atomic E-state index is 0.00300. The van der Waals surface area contributed by atoms with Crippen molar-refractivity contribution in [1.82, 2.24) is 4.90 Å². The topological polar surface area (TPSA) is 98.9 Å². The number of primary sulfonamides is 1. The van der Waals surface area contributed by atoms with E-state index in [0.29, 0.717) is 27.6 Å². The molecule has 1 heterocycles. The van der Waals surface area contributed by atoms with E-state index in [1.54, 1.807) is 44.3 Å². The van der Waals surface area contributed by atoms with E-state index in [1.807, 2.05) is 0 Å². The molecular formula is C19H19ClN2O5S. The molecule has 1 amide bonds. The molecule has 3 rings (SSSR count). The van der Waals surface area contributed by atoms with Crippen LogP contribution in [0, 0.1) is 0 Å². The summed E-state index contributed by atoms with van der Waals surface area (Å²) in [5.74, 6) is 0.758. The number of rotatable bonds is 5. The van der Waals surface area contributed by atoms with Crippen LogP contribution < -0.4 is 14.6 Å². The van der Waals surface area contributed by atoms with Gasteiger partial charge in [0.25, 0.3) is 0 Å². The largest absolute Gasteiger partial charge is 0.454 e. The zero-order chi connectivity index (χ0) is 20.5. The van der Waals surface area contributed by atoms with Crippen LogP contribution in [0.4, 0.5) is 0 Å². The lowest BCUT2D eigenvalue weighted by molar-refractivity contribution is -0.126. The van der Waals surface area contributed by atoms with Crippen LogP contribution in [0.2, 0.25) is 5.02 Å². The van der Waals surface area contributed by atoms with Gasteiger partial charge in [0.15, 0.2) is 11.5 Å². The highest BCUT2D eigenvalue weighted by Crippen LogP contribution is 2.40. The van der Waals surface area contributed by atoms with Gasteiger partial charge in [0, 0.05) is 13.1 Å². The number of halogens is 1. The first-order valence-electron chi connectivity index (χ1n) is 8.33. The normalized spacial score (nSPS) is 14.3. The number of sulfonamides is 1. The van der Waals surface area contributed by atoms with Crippen LogP contribution in [0.5, 0.6) is 11.5 Å². The van der Waals surface area contributed by atoms with Crippen molar-refractivity contribution in [2.24, 2.45) is 5.14 Å². The summed E-state index contributed by atoms with van der Waals surface area (Å²) in [6.07, 6.45) is 3.04. The fourth-order valence-corrected chi connectivity index (χ4v) is 3.58. The quantitative estimate of drug-likeness (QED) is 0.747. The predicted molar refractivity (Wildman–Crippen MR) is 106 cm³/mol. The average Bonchev–Trinajstić information content (AvgIpc) is 3.13. The molecule has 0 bridgehead atoms. The second-order valence-electron chi connectivity index (χ2n) is 6.31. The van der Waals surface area contributed by atoms with Gasteiger partial charge in [-0.15, -0.1) is 0 Å². The Morgan fingerprint density at radius 3 is 2.75 bits per heavy atom. The van der Waals surface area contributed by atoms with Gasteiger partial charge >= 0.3 is 0 Å². The molecule has 1 unspecified atom stereocenters. The summed E-state index contributed by atoms with van der Waals surface area (Å²) < 4.78 is 33.6. The maximum absolute atomic E-state index is 12.5. The van der Waals surface area contributed by atoms with Gasteiger partial charge in [-0.3, -0.25) is 4.79 Å². The summed E-state index contributed by atoms with van der Waals surface area (Å²) in [6, 6.07) is 9.26. The van der Waals surface area contributed by atoms with E-state index in [4.69, 9.17) is 26.2 Å². The Morgan fingerprint density at radius 1 is 1.29 bits per heavy atom. The van der Waals surface area contributed by atoms with E-state index in [9.17, 15) is 13.2 Å². The van der Waals surface area contributed by atoms with Crippen LogP contribution >= 0.6 is 11.6 Å². The van der Waals surface area contributed by atoms with Crippen LogP contribution in [-0.4, -0.2) is 33.1 Å². The van der Waals surface area contributed by atoms with Gasteiger partial charge in [0.05, 0.1) is 16.0 Å². The number of carbonyl (C=O) groups excluding carboxylic acids is 1. The van der Waals surface area contributed by atoms with Crippen molar-refractivity contribution in [3.8, 4) is 11.5 Å². The Balaban J connectivity index is 1.76. The van der Waals surface area contributed by atoms with Gasteiger partial charge in [-0.25, -0.2) is 13.6 Å². The van der Waals surface area contributed by atoms with Crippen molar-refractivity contribution in [2.45, 2.75) is 17.9 Å². The molecular weight excluding hydrogens is 404 g/mol. The molecule has 2 aromatic carbocycles. The molecule has 0 fully saturated rings. The van der Waals surface area contributed by atoms with Crippen molar-refractivity contribution in [1.29, 1.82) is 0 Å². The summed E-state index contributed by atoms with van der Waals surface area (Å²) in [7, 11) is -2.18. The van der Waals surface area contributed by atoms with E-state index >= 15 is 0 Å². The molecule has 1 aliphatic rings. The van der Waals surface area contributed by atoms with E-state index in [0.717, 1.165) is 0 Å². The smallest absolute Gasteiger partial charge is 0.246 e. The van der Waals surface area contributed by atoms with Crippen molar-refractivity contribution in [3.05, 3.63) is 58.6 Å². The molecule has 1 atom stereocenters. The van der Waals surface area contributed by atoms with Crippen molar-refractivity contribution in [2.75, 3.05) is 13.8 Å². The van der Waals surface area contributed by atoms with E-state index in [2.05, 4.69) is 0 Å². The molecule has 0 spiro atoms. The number of nitrogens with two attached hydrogens (primary N) is 1. The minimum Gasteiger partial charge on any atom is -0.454 e. The highest BCUT2D eigenvalue weighted by atomic mass is 35.5. The second kappa shape index (κ2) is 7.83. The van der Waals surface area contributed by atoms with Crippen LogP contribution in [0.1, 0.15) is 24.1 Å². The number of benzene rings is 2. The Kier molecular flexibility index (Phi) is 5.64. The molecule has 7 nitrogen and oxygen atoms in total. The second-order valence-corrected chi connectivity index (χ2v) is 8.28. The maximum Gasteiger partial charge on any atom is 0.246 e.